The fourth-order valence-electron chi connectivity index (χ4n) is 3.19. The first kappa shape index (κ1) is 22.6. The summed E-state index contributed by atoms with van der Waals surface area (Å²) in [6, 6.07) is 18.2. The highest BCUT2D eigenvalue weighted by Gasteiger charge is 2.16. The van der Waals surface area contributed by atoms with Crippen LogP contribution in [0, 0.1) is 0 Å². The molecule has 0 unspecified atom stereocenters. The Morgan fingerprint density at radius 3 is 2.41 bits per heavy atom. The molecule has 0 aliphatic carbocycles. The largest absolute Gasteiger partial charge is 0.462 e. The van der Waals surface area contributed by atoms with Gasteiger partial charge in [0.1, 0.15) is 0 Å². The summed E-state index contributed by atoms with van der Waals surface area (Å²) < 4.78 is 5.09. The third kappa shape index (κ3) is 5.51. The highest BCUT2D eigenvalue weighted by molar-refractivity contribution is 6.08. The number of benzene rings is 3. The van der Waals surface area contributed by atoms with Crippen LogP contribution >= 0.6 is 0 Å². The molecular weight excluding hydrogens is 406 g/mol. The number of ether oxygens (including phenoxy) is 1. The van der Waals surface area contributed by atoms with E-state index in [2.05, 4.69) is 16.0 Å². The molecule has 0 bridgehead atoms. The van der Waals surface area contributed by atoms with Gasteiger partial charge in [-0.1, -0.05) is 36.4 Å². The van der Waals surface area contributed by atoms with Crippen LogP contribution in [0.2, 0.25) is 0 Å². The summed E-state index contributed by atoms with van der Waals surface area (Å²) in [5, 5.41) is 9.98. The Morgan fingerprint density at radius 2 is 1.69 bits per heavy atom. The Hall–Kier alpha value is -4.13. The topological polar surface area (TPSA) is 96.5 Å². The molecule has 0 aliphatic heterocycles. The Morgan fingerprint density at radius 1 is 0.938 bits per heavy atom. The Balaban J connectivity index is 1.84. The Kier molecular flexibility index (Phi) is 7.23. The lowest BCUT2D eigenvalue weighted by Crippen LogP contribution is -2.24. The first-order valence-electron chi connectivity index (χ1n) is 10.2. The van der Waals surface area contributed by atoms with Gasteiger partial charge < -0.3 is 20.7 Å². The van der Waals surface area contributed by atoms with Gasteiger partial charge in [0.25, 0.3) is 0 Å². The van der Waals surface area contributed by atoms with Crippen molar-refractivity contribution in [2.75, 3.05) is 24.3 Å². The number of nitrogens with one attached hydrogen (secondary N) is 3. The van der Waals surface area contributed by atoms with Gasteiger partial charge in [-0.3, -0.25) is 4.79 Å². The van der Waals surface area contributed by atoms with Crippen LogP contribution in [0.1, 0.15) is 29.8 Å². The molecule has 0 aliphatic rings. The molecule has 0 saturated carbocycles. The van der Waals surface area contributed by atoms with E-state index in [1.807, 2.05) is 49.4 Å². The van der Waals surface area contributed by atoms with Crippen LogP contribution in [0.4, 0.5) is 16.2 Å². The number of fused-ring (bicyclic) bond motifs is 1. The lowest BCUT2D eigenvalue weighted by molar-refractivity contribution is -0.111. The lowest BCUT2D eigenvalue weighted by atomic mass is 10.0. The van der Waals surface area contributed by atoms with Crippen LogP contribution < -0.4 is 16.0 Å². The molecule has 0 saturated heterocycles. The van der Waals surface area contributed by atoms with Gasteiger partial charge in [-0.2, -0.15) is 0 Å². The van der Waals surface area contributed by atoms with E-state index in [-0.39, 0.29) is 18.1 Å². The summed E-state index contributed by atoms with van der Waals surface area (Å²) in [5.41, 5.74) is 2.54. The minimum Gasteiger partial charge on any atom is -0.462 e. The number of amides is 3. The van der Waals surface area contributed by atoms with Crippen LogP contribution in [0.25, 0.3) is 16.3 Å². The summed E-state index contributed by atoms with van der Waals surface area (Å²) >= 11 is 0. The van der Waals surface area contributed by atoms with Gasteiger partial charge in [-0.25, -0.2) is 9.59 Å². The first-order valence-corrected chi connectivity index (χ1v) is 10.2. The number of rotatable bonds is 6. The molecule has 3 aromatic rings. The van der Waals surface area contributed by atoms with E-state index in [1.54, 1.807) is 19.1 Å². The van der Waals surface area contributed by atoms with E-state index < -0.39 is 12.0 Å². The summed E-state index contributed by atoms with van der Waals surface area (Å²) in [4.78, 5) is 36.7. The number of carbonyl (C=O) groups is 3. The minimum absolute atomic E-state index is 0.144. The van der Waals surface area contributed by atoms with Gasteiger partial charge in [0, 0.05) is 18.8 Å². The van der Waals surface area contributed by atoms with E-state index in [0.717, 1.165) is 21.9 Å². The predicted octanol–water partition coefficient (Wildman–Crippen LogP) is 4.81. The van der Waals surface area contributed by atoms with Crippen molar-refractivity contribution in [1.82, 2.24) is 5.32 Å². The summed E-state index contributed by atoms with van der Waals surface area (Å²) in [5.74, 6) is -0.980. The standard InChI is InChI=1S/C25H25N3O4/c1-4-32-24(30)21-15-20(27-25(31)26-3)11-12-22(21)28-23(29)13-16(2)18-10-9-17-7-5-6-8-19(17)14-18/h5-15H,4H2,1-3H3,(H,28,29)(H2,26,27,31)/b16-13-. The number of esters is 1. The zero-order valence-corrected chi connectivity index (χ0v) is 18.2. The van der Waals surface area contributed by atoms with E-state index in [4.69, 9.17) is 4.74 Å². The molecule has 164 valence electrons. The molecule has 3 N–H and O–H groups in total. The zero-order chi connectivity index (χ0) is 23.1. The second-order valence-electron chi connectivity index (χ2n) is 7.06. The minimum atomic E-state index is -0.599. The molecule has 3 aromatic carbocycles. The van der Waals surface area contributed by atoms with Crippen molar-refractivity contribution in [3.8, 4) is 0 Å². The molecule has 0 spiro atoms. The van der Waals surface area contributed by atoms with Gasteiger partial charge in [-0.05, 0) is 60.0 Å². The second kappa shape index (κ2) is 10.3. The molecular formula is C25H25N3O4. The maximum absolute atomic E-state index is 12.7. The normalized spacial score (nSPS) is 11.0. The van der Waals surface area contributed by atoms with Crippen molar-refractivity contribution in [2.24, 2.45) is 0 Å². The molecule has 7 heteroatoms. The van der Waals surface area contributed by atoms with Gasteiger partial charge in [0.2, 0.25) is 5.91 Å². The number of hydrogen-bond acceptors (Lipinski definition) is 4. The molecule has 0 aromatic heterocycles. The van der Waals surface area contributed by atoms with E-state index in [1.165, 1.54) is 19.2 Å². The SMILES string of the molecule is CCOC(=O)c1cc(NC(=O)NC)ccc1NC(=O)/C=C(/C)c1ccc2ccccc2c1. The van der Waals surface area contributed by atoms with Crippen molar-refractivity contribution < 1.29 is 19.1 Å². The van der Waals surface area contributed by atoms with Crippen molar-refractivity contribution >= 4 is 45.6 Å². The fraction of sp³-hybridized carbons (Fsp3) is 0.160. The number of allylic oxidation sites excluding steroid dienone is 1. The fourth-order valence-corrected chi connectivity index (χ4v) is 3.19. The molecule has 0 heterocycles. The number of urea groups is 1. The van der Waals surface area contributed by atoms with Gasteiger partial charge in [0.05, 0.1) is 17.9 Å². The highest BCUT2D eigenvalue weighted by atomic mass is 16.5. The highest BCUT2D eigenvalue weighted by Crippen LogP contribution is 2.24. The van der Waals surface area contributed by atoms with Gasteiger partial charge in [-0.15, -0.1) is 0 Å². The maximum Gasteiger partial charge on any atom is 0.340 e. The van der Waals surface area contributed by atoms with Crippen molar-refractivity contribution in [1.29, 1.82) is 0 Å². The zero-order valence-electron chi connectivity index (χ0n) is 18.2. The van der Waals surface area contributed by atoms with Crippen LogP contribution in [0.15, 0.2) is 66.7 Å². The van der Waals surface area contributed by atoms with Gasteiger partial charge >= 0.3 is 12.0 Å². The van der Waals surface area contributed by atoms with Crippen LogP contribution in [0.5, 0.6) is 0 Å². The lowest BCUT2D eigenvalue weighted by Gasteiger charge is -2.12. The van der Waals surface area contributed by atoms with E-state index in [9.17, 15) is 14.4 Å². The first-order chi connectivity index (χ1) is 15.4. The Labute approximate surface area is 186 Å². The van der Waals surface area contributed by atoms with Crippen molar-refractivity contribution in [3.05, 3.63) is 77.9 Å². The quantitative estimate of drug-likeness (QED) is 0.385. The molecule has 32 heavy (non-hydrogen) atoms. The van der Waals surface area contributed by atoms with Crippen LogP contribution in [0.3, 0.4) is 0 Å². The monoisotopic (exact) mass is 431 g/mol. The van der Waals surface area contributed by atoms with Crippen LogP contribution in [-0.4, -0.2) is 31.6 Å². The summed E-state index contributed by atoms with van der Waals surface area (Å²) in [6.07, 6.45) is 1.48. The molecule has 7 nitrogen and oxygen atoms in total. The average molecular weight is 431 g/mol. The second-order valence-corrected chi connectivity index (χ2v) is 7.06. The number of hydrogen-bond donors (Lipinski definition) is 3. The van der Waals surface area contributed by atoms with E-state index in [0.29, 0.717) is 11.4 Å². The smallest absolute Gasteiger partial charge is 0.340 e. The Bertz CT molecular complexity index is 1200. The summed E-state index contributed by atoms with van der Waals surface area (Å²) in [7, 11) is 1.49. The van der Waals surface area contributed by atoms with Crippen molar-refractivity contribution in [2.45, 2.75) is 13.8 Å². The number of anilines is 2. The summed E-state index contributed by atoms with van der Waals surface area (Å²) in [6.45, 7) is 3.73. The molecule has 0 fully saturated rings. The van der Waals surface area contributed by atoms with E-state index >= 15 is 0 Å². The molecule has 0 atom stereocenters. The number of carbonyl (C=O) groups excluding carboxylic acids is 3. The molecule has 3 rings (SSSR count). The third-order valence-electron chi connectivity index (χ3n) is 4.81. The third-order valence-corrected chi connectivity index (χ3v) is 4.81. The molecule has 3 amide bonds. The predicted molar refractivity (Wildman–Crippen MR) is 127 cm³/mol. The molecule has 0 radical (unpaired) electrons. The average Bonchev–Trinajstić information content (AvgIpc) is 2.79. The van der Waals surface area contributed by atoms with Crippen LogP contribution in [-0.2, 0) is 9.53 Å². The van der Waals surface area contributed by atoms with Gasteiger partial charge in [0.15, 0.2) is 0 Å². The maximum atomic E-state index is 12.7. The van der Waals surface area contributed by atoms with Crippen molar-refractivity contribution in [3.63, 3.8) is 0 Å².